The van der Waals surface area contributed by atoms with Crippen LogP contribution in [0.5, 0.6) is 0 Å². The molecule has 0 bridgehead atoms. The molecule has 0 aromatic heterocycles. The number of carbonyl (C=O) groups is 2. The molecule has 2 N–H and O–H groups in total. The van der Waals surface area contributed by atoms with Gasteiger partial charge in [0.2, 0.25) is 0 Å². The van der Waals surface area contributed by atoms with E-state index in [2.05, 4.69) is 10.6 Å². The van der Waals surface area contributed by atoms with E-state index in [0.717, 1.165) is 25.0 Å². The van der Waals surface area contributed by atoms with Crippen molar-refractivity contribution in [2.24, 2.45) is 0 Å². The average molecular weight is 319 g/mol. The summed E-state index contributed by atoms with van der Waals surface area (Å²) in [4.78, 5) is 25.8. The number of benzene rings is 1. The Bertz CT molecular complexity index is 568. The summed E-state index contributed by atoms with van der Waals surface area (Å²) >= 11 is 0. The zero-order valence-corrected chi connectivity index (χ0v) is 14.0. The fourth-order valence-corrected chi connectivity index (χ4v) is 2.67. The van der Waals surface area contributed by atoms with Crippen LogP contribution >= 0.6 is 0 Å². The van der Waals surface area contributed by atoms with E-state index in [1.807, 2.05) is 13.8 Å². The smallest absolute Gasteiger partial charge is 0.321 e. The van der Waals surface area contributed by atoms with Gasteiger partial charge in [0.05, 0.1) is 6.10 Å². The average Bonchev–Trinajstić information content (AvgIpc) is 3.06. The molecule has 0 saturated carbocycles. The lowest BCUT2D eigenvalue weighted by Gasteiger charge is -2.24. The Morgan fingerprint density at radius 2 is 2.17 bits per heavy atom. The van der Waals surface area contributed by atoms with Gasteiger partial charge in [-0.05, 0) is 50.5 Å². The molecule has 1 fully saturated rings. The number of carbonyl (C=O) groups excluding carboxylic acids is 2. The second-order valence-electron chi connectivity index (χ2n) is 5.71. The summed E-state index contributed by atoms with van der Waals surface area (Å²) in [6.07, 6.45) is 2.20. The van der Waals surface area contributed by atoms with Gasteiger partial charge in [0.25, 0.3) is 5.91 Å². The van der Waals surface area contributed by atoms with Gasteiger partial charge in [-0.1, -0.05) is 0 Å². The molecule has 0 spiro atoms. The van der Waals surface area contributed by atoms with Crippen LogP contribution in [-0.2, 0) is 4.74 Å². The SMILES string of the molecule is CCN(CC1CCCO1)C(=O)Nc1ccc(C(=O)NC)cc1C. The molecule has 1 aliphatic rings. The lowest BCUT2D eigenvalue weighted by Crippen LogP contribution is -2.40. The van der Waals surface area contributed by atoms with Crippen molar-refractivity contribution in [3.63, 3.8) is 0 Å². The molecular weight excluding hydrogens is 294 g/mol. The number of likely N-dealkylation sites (N-methyl/N-ethyl adjacent to an activating group) is 1. The summed E-state index contributed by atoms with van der Waals surface area (Å²) in [7, 11) is 1.59. The van der Waals surface area contributed by atoms with Crippen LogP contribution in [0.25, 0.3) is 0 Å². The van der Waals surface area contributed by atoms with Crippen LogP contribution in [0.15, 0.2) is 18.2 Å². The number of hydrogen-bond acceptors (Lipinski definition) is 3. The lowest BCUT2D eigenvalue weighted by molar-refractivity contribution is 0.0849. The fraction of sp³-hybridized carbons (Fsp3) is 0.529. The molecule has 6 nitrogen and oxygen atoms in total. The molecule has 23 heavy (non-hydrogen) atoms. The topological polar surface area (TPSA) is 70.7 Å². The van der Waals surface area contributed by atoms with E-state index < -0.39 is 0 Å². The largest absolute Gasteiger partial charge is 0.376 e. The molecule has 1 saturated heterocycles. The molecule has 2 rings (SSSR count). The Labute approximate surface area is 137 Å². The predicted octanol–water partition coefficient (Wildman–Crippen LogP) is 2.39. The van der Waals surface area contributed by atoms with E-state index in [-0.39, 0.29) is 18.0 Å². The van der Waals surface area contributed by atoms with E-state index in [1.54, 1.807) is 30.1 Å². The van der Waals surface area contributed by atoms with Crippen molar-refractivity contribution in [2.75, 3.05) is 32.1 Å². The number of aryl methyl sites for hydroxylation is 1. The minimum absolute atomic E-state index is 0.137. The molecule has 1 aromatic rings. The Morgan fingerprint density at radius 1 is 1.39 bits per heavy atom. The number of hydrogen-bond donors (Lipinski definition) is 2. The van der Waals surface area contributed by atoms with Gasteiger partial charge in [0.15, 0.2) is 0 Å². The highest BCUT2D eigenvalue weighted by Gasteiger charge is 2.22. The van der Waals surface area contributed by atoms with E-state index in [0.29, 0.717) is 24.3 Å². The number of amides is 3. The highest BCUT2D eigenvalue weighted by molar-refractivity contribution is 5.96. The van der Waals surface area contributed by atoms with Crippen LogP contribution < -0.4 is 10.6 Å². The van der Waals surface area contributed by atoms with Gasteiger partial charge >= 0.3 is 6.03 Å². The molecule has 1 aromatic carbocycles. The third-order valence-corrected chi connectivity index (χ3v) is 4.07. The van der Waals surface area contributed by atoms with Crippen molar-refractivity contribution in [2.45, 2.75) is 32.8 Å². The first kappa shape index (κ1) is 17.3. The molecule has 3 amide bonds. The Morgan fingerprint density at radius 3 is 2.74 bits per heavy atom. The first-order valence-electron chi connectivity index (χ1n) is 8.05. The van der Waals surface area contributed by atoms with Crippen LogP contribution in [-0.4, -0.2) is 49.7 Å². The summed E-state index contributed by atoms with van der Waals surface area (Å²) in [5, 5.41) is 5.51. The predicted molar refractivity (Wildman–Crippen MR) is 89.8 cm³/mol. The summed E-state index contributed by atoms with van der Waals surface area (Å²) < 4.78 is 5.60. The normalized spacial score (nSPS) is 16.9. The second-order valence-corrected chi connectivity index (χ2v) is 5.71. The minimum Gasteiger partial charge on any atom is -0.376 e. The van der Waals surface area contributed by atoms with Gasteiger partial charge in [-0.25, -0.2) is 4.79 Å². The summed E-state index contributed by atoms with van der Waals surface area (Å²) in [5.41, 5.74) is 2.15. The molecule has 1 heterocycles. The molecule has 0 aliphatic carbocycles. The molecule has 126 valence electrons. The maximum atomic E-state index is 12.4. The van der Waals surface area contributed by atoms with Crippen molar-refractivity contribution in [1.29, 1.82) is 0 Å². The monoisotopic (exact) mass is 319 g/mol. The number of nitrogens with zero attached hydrogens (tertiary/aromatic N) is 1. The third kappa shape index (κ3) is 4.45. The first-order chi connectivity index (χ1) is 11.0. The van der Waals surface area contributed by atoms with Crippen molar-refractivity contribution in [3.05, 3.63) is 29.3 Å². The van der Waals surface area contributed by atoms with Crippen molar-refractivity contribution in [3.8, 4) is 0 Å². The van der Waals surface area contributed by atoms with E-state index in [4.69, 9.17) is 4.74 Å². The molecule has 1 unspecified atom stereocenters. The third-order valence-electron chi connectivity index (χ3n) is 4.07. The van der Waals surface area contributed by atoms with Crippen LogP contribution in [0.1, 0.15) is 35.7 Å². The molecule has 6 heteroatoms. The van der Waals surface area contributed by atoms with Crippen molar-refractivity contribution < 1.29 is 14.3 Å². The van der Waals surface area contributed by atoms with Crippen molar-refractivity contribution >= 4 is 17.6 Å². The first-order valence-corrected chi connectivity index (χ1v) is 8.05. The molecule has 1 atom stereocenters. The van der Waals surface area contributed by atoms with Crippen molar-refractivity contribution in [1.82, 2.24) is 10.2 Å². The second kappa shape index (κ2) is 7.97. The summed E-state index contributed by atoms with van der Waals surface area (Å²) in [6.45, 7) is 5.84. The van der Waals surface area contributed by atoms with Crippen LogP contribution in [0.2, 0.25) is 0 Å². The zero-order valence-electron chi connectivity index (χ0n) is 14.0. The van der Waals surface area contributed by atoms with Gasteiger partial charge in [-0.15, -0.1) is 0 Å². The highest BCUT2D eigenvalue weighted by atomic mass is 16.5. The number of rotatable bonds is 5. The Balaban J connectivity index is 2.01. The van der Waals surface area contributed by atoms with Gasteiger partial charge in [0.1, 0.15) is 0 Å². The molecular formula is C17H25N3O3. The summed E-state index contributed by atoms with van der Waals surface area (Å²) in [6, 6.07) is 5.10. The number of nitrogens with one attached hydrogen (secondary N) is 2. The Hall–Kier alpha value is -2.08. The van der Waals surface area contributed by atoms with Gasteiger partial charge in [-0.3, -0.25) is 4.79 Å². The Kier molecular flexibility index (Phi) is 5.98. The minimum atomic E-state index is -0.140. The highest BCUT2D eigenvalue weighted by Crippen LogP contribution is 2.18. The van der Waals surface area contributed by atoms with Crippen LogP contribution in [0.4, 0.5) is 10.5 Å². The van der Waals surface area contributed by atoms with Gasteiger partial charge < -0.3 is 20.3 Å². The van der Waals surface area contributed by atoms with E-state index >= 15 is 0 Å². The fourth-order valence-electron chi connectivity index (χ4n) is 2.67. The lowest BCUT2D eigenvalue weighted by atomic mass is 10.1. The van der Waals surface area contributed by atoms with Gasteiger partial charge in [0, 0.05) is 38.0 Å². The standard InChI is InChI=1S/C17H25N3O3/c1-4-20(11-14-6-5-9-23-14)17(22)19-15-8-7-13(10-12(15)2)16(21)18-3/h7-8,10,14H,4-6,9,11H2,1-3H3,(H,18,21)(H,19,22). The number of ether oxygens (including phenoxy) is 1. The van der Waals surface area contributed by atoms with Gasteiger partial charge in [-0.2, -0.15) is 0 Å². The molecule has 1 aliphatic heterocycles. The maximum Gasteiger partial charge on any atom is 0.321 e. The number of anilines is 1. The van der Waals surface area contributed by atoms with Crippen LogP contribution in [0, 0.1) is 6.92 Å². The molecule has 0 radical (unpaired) electrons. The van der Waals surface area contributed by atoms with E-state index in [1.165, 1.54) is 0 Å². The quantitative estimate of drug-likeness (QED) is 0.875. The zero-order chi connectivity index (χ0) is 16.8. The summed E-state index contributed by atoms with van der Waals surface area (Å²) in [5.74, 6) is -0.139. The van der Waals surface area contributed by atoms with E-state index in [9.17, 15) is 9.59 Å². The maximum absolute atomic E-state index is 12.4. The number of urea groups is 1. The van der Waals surface area contributed by atoms with Crippen LogP contribution in [0.3, 0.4) is 0 Å².